The molecule has 0 aromatic carbocycles. The largest absolute Gasteiger partial charge is 0.339 e. The lowest BCUT2D eigenvalue weighted by Gasteiger charge is -2.31. The molecule has 4 rings (SSSR count). The van der Waals surface area contributed by atoms with Crippen LogP contribution in [0.25, 0.3) is 11.0 Å². The second-order valence-electron chi connectivity index (χ2n) is 6.13. The van der Waals surface area contributed by atoms with Crippen LogP contribution in [0, 0.1) is 0 Å². The van der Waals surface area contributed by atoms with Gasteiger partial charge in [0.2, 0.25) is 0 Å². The first-order valence-corrected chi connectivity index (χ1v) is 8.55. The van der Waals surface area contributed by atoms with Gasteiger partial charge in [0.1, 0.15) is 6.33 Å². The van der Waals surface area contributed by atoms with Crippen LogP contribution in [0.1, 0.15) is 34.8 Å². The molecule has 7 heteroatoms. The molecule has 0 radical (unpaired) electrons. The maximum atomic E-state index is 12.5. The molecular weight excluding hydrogens is 338 g/mol. The lowest BCUT2D eigenvalue weighted by atomic mass is 9.92. The van der Waals surface area contributed by atoms with Crippen LogP contribution in [-0.2, 0) is 0 Å². The van der Waals surface area contributed by atoms with E-state index in [1.165, 1.54) is 6.33 Å². The highest BCUT2D eigenvalue weighted by Gasteiger charge is 2.25. The van der Waals surface area contributed by atoms with E-state index in [1.54, 1.807) is 18.6 Å². The average molecular weight is 354 g/mol. The molecule has 3 aromatic rings. The Kier molecular flexibility index (Phi) is 4.28. The first kappa shape index (κ1) is 15.9. The Labute approximate surface area is 149 Å². The molecule has 6 nitrogen and oxygen atoms in total. The predicted octanol–water partition coefficient (Wildman–Crippen LogP) is 3.09. The van der Waals surface area contributed by atoms with Crippen LogP contribution in [0.2, 0.25) is 5.02 Å². The summed E-state index contributed by atoms with van der Waals surface area (Å²) in [7, 11) is 0. The Morgan fingerprint density at radius 1 is 1.12 bits per heavy atom. The fourth-order valence-corrected chi connectivity index (χ4v) is 3.36. The molecule has 4 heterocycles. The van der Waals surface area contributed by atoms with Gasteiger partial charge in [0.25, 0.3) is 5.91 Å². The maximum Gasteiger partial charge on any atom is 0.256 e. The quantitative estimate of drug-likeness (QED) is 0.708. The second-order valence-corrected chi connectivity index (χ2v) is 6.57. The van der Waals surface area contributed by atoms with Gasteiger partial charge in [0, 0.05) is 48.7 Å². The molecule has 0 spiro atoms. The van der Waals surface area contributed by atoms with Gasteiger partial charge in [-0.3, -0.25) is 4.79 Å². The summed E-state index contributed by atoms with van der Waals surface area (Å²) in [4.78, 5) is 31.1. The number of nitrogens with zero attached hydrogens (tertiary/aromatic N) is 5. The number of carbonyl (C=O) groups is 1. The molecule has 3 aromatic heterocycles. The first-order valence-electron chi connectivity index (χ1n) is 8.17. The van der Waals surface area contributed by atoms with E-state index in [0.29, 0.717) is 35.2 Å². The number of fused-ring (bicyclic) bond motifs is 1. The Morgan fingerprint density at radius 3 is 2.64 bits per heavy atom. The standard InChI is InChI=1S/C18H16ClN5O/c19-15-7-13-1-2-16(23-17(13)22-10-15)12-3-5-24(6-4-12)18(25)14-8-20-11-21-9-14/h1-2,7-12H,3-6H2. The zero-order chi connectivity index (χ0) is 17.2. The summed E-state index contributed by atoms with van der Waals surface area (Å²) in [5, 5.41) is 1.55. The lowest BCUT2D eigenvalue weighted by Crippen LogP contribution is -2.38. The SMILES string of the molecule is O=C(c1cncnc1)N1CCC(c2ccc3cc(Cl)cnc3n2)CC1. The molecule has 1 aliphatic rings. The molecule has 0 aliphatic carbocycles. The number of likely N-dealkylation sites (tertiary alicyclic amines) is 1. The Morgan fingerprint density at radius 2 is 1.88 bits per heavy atom. The predicted molar refractivity (Wildman–Crippen MR) is 94.5 cm³/mol. The van der Waals surface area contributed by atoms with Gasteiger partial charge < -0.3 is 4.90 Å². The zero-order valence-corrected chi connectivity index (χ0v) is 14.2. The highest BCUT2D eigenvalue weighted by atomic mass is 35.5. The van der Waals surface area contributed by atoms with Gasteiger partial charge in [-0.1, -0.05) is 11.6 Å². The van der Waals surface area contributed by atoms with Gasteiger partial charge in [-0.2, -0.15) is 0 Å². The number of amides is 1. The highest BCUT2D eigenvalue weighted by Crippen LogP contribution is 2.28. The van der Waals surface area contributed by atoms with Crippen LogP contribution < -0.4 is 0 Å². The summed E-state index contributed by atoms with van der Waals surface area (Å²) in [6.45, 7) is 1.40. The van der Waals surface area contributed by atoms with Crippen LogP contribution in [-0.4, -0.2) is 43.8 Å². The summed E-state index contributed by atoms with van der Waals surface area (Å²) < 4.78 is 0. The summed E-state index contributed by atoms with van der Waals surface area (Å²) in [5.41, 5.74) is 2.27. The Balaban J connectivity index is 1.46. The summed E-state index contributed by atoms with van der Waals surface area (Å²) in [6.07, 6.45) is 7.92. The molecule has 1 amide bonds. The molecule has 126 valence electrons. The van der Waals surface area contributed by atoms with Gasteiger partial charge in [-0.25, -0.2) is 19.9 Å². The molecule has 1 aliphatic heterocycles. The molecule has 0 N–H and O–H groups in total. The molecule has 0 unspecified atom stereocenters. The van der Waals surface area contributed by atoms with Gasteiger partial charge in [0.15, 0.2) is 5.65 Å². The maximum absolute atomic E-state index is 12.5. The third kappa shape index (κ3) is 3.30. The Hall–Kier alpha value is -2.60. The van der Waals surface area contributed by atoms with Crippen molar-refractivity contribution in [2.75, 3.05) is 13.1 Å². The smallest absolute Gasteiger partial charge is 0.256 e. The van der Waals surface area contributed by atoms with Crippen molar-refractivity contribution in [3.05, 3.63) is 59.4 Å². The van der Waals surface area contributed by atoms with Gasteiger partial charge >= 0.3 is 0 Å². The summed E-state index contributed by atoms with van der Waals surface area (Å²) in [6, 6.07) is 5.91. The van der Waals surface area contributed by atoms with E-state index in [4.69, 9.17) is 11.6 Å². The number of piperidine rings is 1. The number of halogens is 1. The van der Waals surface area contributed by atoms with E-state index < -0.39 is 0 Å². The van der Waals surface area contributed by atoms with E-state index in [1.807, 2.05) is 23.1 Å². The van der Waals surface area contributed by atoms with Crippen molar-refractivity contribution in [2.24, 2.45) is 0 Å². The minimum absolute atomic E-state index is 0.0122. The van der Waals surface area contributed by atoms with E-state index in [-0.39, 0.29) is 5.91 Å². The molecular formula is C18H16ClN5O. The third-order valence-electron chi connectivity index (χ3n) is 4.54. The number of carbonyl (C=O) groups excluding carboxylic acids is 1. The summed E-state index contributed by atoms with van der Waals surface area (Å²) >= 11 is 5.97. The number of aromatic nitrogens is 4. The first-order chi connectivity index (χ1) is 12.2. The van der Waals surface area contributed by atoms with Crippen LogP contribution >= 0.6 is 11.6 Å². The zero-order valence-electron chi connectivity index (χ0n) is 13.5. The molecule has 1 fully saturated rings. The van der Waals surface area contributed by atoms with Crippen LogP contribution in [0.15, 0.2) is 43.1 Å². The normalized spacial score (nSPS) is 15.5. The van der Waals surface area contributed by atoms with Crippen LogP contribution in [0.4, 0.5) is 0 Å². The Bertz CT molecular complexity index is 910. The van der Waals surface area contributed by atoms with Gasteiger partial charge in [0.05, 0.1) is 10.6 Å². The van der Waals surface area contributed by atoms with Crippen molar-refractivity contribution >= 4 is 28.5 Å². The molecule has 0 bridgehead atoms. The van der Waals surface area contributed by atoms with Crippen LogP contribution in [0.3, 0.4) is 0 Å². The molecule has 25 heavy (non-hydrogen) atoms. The second kappa shape index (κ2) is 6.72. The van der Waals surface area contributed by atoms with Crippen LogP contribution in [0.5, 0.6) is 0 Å². The van der Waals surface area contributed by atoms with E-state index in [0.717, 1.165) is 23.9 Å². The van der Waals surface area contributed by atoms with E-state index in [2.05, 4.69) is 19.9 Å². The van der Waals surface area contributed by atoms with E-state index >= 15 is 0 Å². The number of hydrogen-bond acceptors (Lipinski definition) is 5. The number of pyridine rings is 2. The van der Waals surface area contributed by atoms with E-state index in [9.17, 15) is 4.79 Å². The summed E-state index contributed by atoms with van der Waals surface area (Å²) in [5.74, 6) is 0.319. The minimum atomic E-state index is -0.0122. The van der Waals surface area contributed by atoms with Crippen molar-refractivity contribution in [1.82, 2.24) is 24.8 Å². The third-order valence-corrected chi connectivity index (χ3v) is 4.75. The van der Waals surface area contributed by atoms with Gasteiger partial charge in [-0.15, -0.1) is 0 Å². The molecule has 0 saturated carbocycles. The van der Waals surface area contributed by atoms with Gasteiger partial charge in [-0.05, 0) is 31.0 Å². The topological polar surface area (TPSA) is 71.9 Å². The molecule has 1 saturated heterocycles. The number of hydrogen-bond donors (Lipinski definition) is 0. The monoisotopic (exact) mass is 353 g/mol. The van der Waals surface area contributed by atoms with Crippen molar-refractivity contribution in [3.8, 4) is 0 Å². The number of rotatable bonds is 2. The van der Waals surface area contributed by atoms with Crippen molar-refractivity contribution in [1.29, 1.82) is 0 Å². The molecule has 0 atom stereocenters. The fraction of sp³-hybridized carbons (Fsp3) is 0.278. The average Bonchev–Trinajstić information content (AvgIpc) is 2.68. The van der Waals surface area contributed by atoms with Crippen molar-refractivity contribution in [2.45, 2.75) is 18.8 Å². The lowest BCUT2D eigenvalue weighted by molar-refractivity contribution is 0.0711. The van der Waals surface area contributed by atoms with Crippen molar-refractivity contribution < 1.29 is 4.79 Å². The van der Waals surface area contributed by atoms with Crippen molar-refractivity contribution in [3.63, 3.8) is 0 Å². The highest BCUT2D eigenvalue weighted by molar-refractivity contribution is 6.31. The fourth-order valence-electron chi connectivity index (χ4n) is 3.20. The minimum Gasteiger partial charge on any atom is -0.339 e.